The van der Waals surface area contributed by atoms with Crippen LogP contribution < -0.4 is 4.74 Å². The van der Waals surface area contributed by atoms with Crippen molar-refractivity contribution in [1.29, 1.82) is 0 Å². The first-order chi connectivity index (χ1) is 10.4. The molecule has 1 saturated heterocycles. The Labute approximate surface area is 126 Å². The summed E-state index contributed by atoms with van der Waals surface area (Å²) >= 11 is 0. The van der Waals surface area contributed by atoms with Crippen molar-refractivity contribution in [2.24, 2.45) is 0 Å². The van der Waals surface area contributed by atoms with Crippen LogP contribution in [0, 0.1) is 0 Å². The minimum atomic E-state index is 0.517. The zero-order chi connectivity index (χ0) is 14.5. The fourth-order valence-corrected chi connectivity index (χ4v) is 3.12. The first-order valence-corrected chi connectivity index (χ1v) is 7.65. The van der Waals surface area contributed by atoms with E-state index in [2.05, 4.69) is 40.2 Å². The fourth-order valence-electron chi connectivity index (χ4n) is 3.12. The molecule has 3 heteroatoms. The number of hydrogen-bond donors (Lipinski definition) is 0. The minimum absolute atomic E-state index is 0.517. The lowest BCUT2D eigenvalue weighted by Gasteiger charge is -2.25. The topological polar surface area (TPSA) is 25.4 Å². The van der Waals surface area contributed by atoms with Crippen LogP contribution in [0.25, 0.3) is 0 Å². The van der Waals surface area contributed by atoms with Gasteiger partial charge in [0, 0.05) is 30.9 Å². The second-order valence-electron chi connectivity index (χ2n) is 5.54. The van der Waals surface area contributed by atoms with Gasteiger partial charge >= 0.3 is 0 Å². The van der Waals surface area contributed by atoms with E-state index in [1.807, 2.05) is 18.3 Å². The smallest absolute Gasteiger partial charge is 0.119 e. The lowest BCUT2D eigenvalue weighted by atomic mass is 10.0. The number of pyridine rings is 1. The molecule has 110 valence electrons. The molecule has 0 spiro atoms. The molecule has 0 saturated carbocycles. The van der Waals surface area contributed by atoms with E-state index < -0.39 is 0 Å². The van der Waals surface area contributed by atoms with Gasteiger partial charge in [0.15, 0.2) is 0 Å². The van der Waals surface area contributed by atoms with Gasteiger partial charge in [-0.15, -0.1) is 0 Å². The second-order valence-corrected chi connectivity index (χ2v) is 5.54. The van der Waals surface area contributed by atoms with E-state index in [1.54, 1.807) is 7.11 Å². The maximum Gasteiger partial charge on any atom is 0.119 e. The van der Waals surface area contributed by atoms with Gasteiger partial charge in [-0.25, -0.2) is 0 Å². The zero-order valence-electron chi connectivity index (χ0n) is 12.5. The van der Waals surface area contributed by atoms with Crippen molar-refractivity contribution in [3.63, 3.8) is 0 Å². The second kappa shape index (κ2) is 6.72. The molecule has 1 aliphatic heterocycles. The number of likely N-dealkylation sites (tertiary alicyclic amines) is 1. The number of methoxy groups -OCH3 is 1. The lowest BCUT2D eigenvalue weighted by Crippen LogP contribution is -2.26. The summed E-state index contributed by atoms with van der Waals surface area (Å²) in [7, 11) is 1.73. The molecule has 3 rings (SSSR count). The summed E-state index contributed by atoms with van der Waals surface area (Å²) in [5, 5.41) is 0. The summed E-state index contributed by atoms with van der Waals surface area (Å²) in [6.07, 6.45) is 5.39. The van der Waals surface area contributed by atoms with E-state index in [4.69, 9.17) is 4.74 Å². The Hall–Kier alpha value is -1.87. The van der Waals surface area contributed by atoms with Crippen LogP contribution in [0.4, 0.5) is 0 Å². The Balaban J connectivity index is 1.67. The van der Waals surface area contributed by atoms with Crippen molar-refractivity contribution in [2.75, 3.05) is 20.2 Å². The van der Waals surface area contributed by atoms with Crippen LogP contribution in [0.15, 0.2) is 48.7 Å². The van der Waals surface area contributed by atoms with Gasteiger partial charge in [-0.1, -0.05) is 18.2 Å². The molecule has 1 fully saturated rings. The highest BCUT2D eigenvalue weighted by molar-refractivity contribution is 5.31. The van der Waals surface area contributed by atoms with Crippen molar-refractivity contribution >= 4 is 0 Å². The molecule has 0 bridgehead atoms. The molecule has 1 aliphatic rings. The number of rotatable bonds is 5. The molecule has 0 amide bonds. The normalized spacial score (nSPS) is 18.8. The van der Waals surface area contributed by atoms with Crippen LogP contribution in [0.1, 0.15) is 30.1 Å². The Morgan fingerprint density at radius 3 is 3.00 bits per heavy atom. The average Bonchev–Trinajstić information content (AvgIpc) is 3.02. The van der Waals surface area contributed by atoms with E-state index >= 15 is 0 Å². The van der Waals surface area contributed by atoms with Gasteiger partial charge in [0.05, 0.1) is 7.11 Å². The maximum absolute atomic E-state index is 5.35. The van der Waals surface area contributed by atoms with Gasteiger partial charge in [-0.3, -0.25) is 9.88 Å². The van der Waals surface area contributed by atoms with Crippen LogP contribution in [0.5, 0.6) is 5.75 Å². The molecular formula is C18H22N2O. The largest absolute Gasteiger partial charge is 0.497 e. The van der Waals surface area contributed by atoms with Crippen LogP contribution in [0.3, 0.4) is 0 Å². The van der Waals surface area contributed by atoms with Crippen LogP contribution in [-0.4, -0.2) is 30.1 Å². The van der Waals surface area contributed by atoms with Gasteiger partial charge in [0.25, 0.3) is 0 Å². The van der Waals surface area contributed by atoms with Gasteiger partial charge in [-0.2, -0.15) is 0 Å². The average molecular weight is 282 g/mol. The molecular weight excluding hydrogens is 260 g/mol. The SMILES string of the molecule is COc1cccc(C2CCCN2CCc2ccccn2)c1. The van der Waals surface area contributed by atoms with E-state index in [-0.39, 0.29) is 0 Å². The van der Waals surface area contributed by atoms with Crippen LogP contribution in [-0.2, 0) is 6.42 Å². The Morgan fingerprint density at radius 1 is 1.24 bits per heavy atom. The monoisotopic (exact) mass is 282 g/mol. The van der Waals surface area contributed by atoms with Crippen molar-refractivity contribution in [2.45, 2.75) is 25.3 Å². The van der Waals surface area contributed by atoms with Crippen molar-refractivity contribution < 1.29 is 4.74 Å². The van der Waals surface area contributed by atoms with Gasteiger partial charge < -0.3 is 4.74 Å². The van der Waals surface area contributed by atoms with E-state index in [9.17, 15) is 0 Å². The Morgan fingerprint density at radius 2 is 2.19 bits per heavy atom. The molecule has 1 atom stereocenters. The van der Waals surface area contributed by atoms with E-state index in [1.165, 1.54) is 30.6 Å². The third-order valence-electron chi connectivity index (χ3n) is 4.22. The van der Waals surface area contributed by atoms with E-state index in [0.717, 1.165) is 18.7 Å². The third-order valence-corrected chi connectivity index (χ3v) is 4.22. The molecule has 0 aliphatic carbocycles. The van der Waals surface area contributed by atoms with Crippen LogP contribution >= 0.6 is 0 Å². The predicted molar refractivity (Wildman–Crippen MR) is 84.5 cm³/mol. The molecule has 21 heavy (non-hydrogen) atoms. The molecule has 0 N–H and O–H groups in total. The molecule has 1 unspecified atom stereocenters. The number of aromatic nitrogens is 1. The number of hydrogen-bond acceptors (Lipinski definition) is 3. The maximum atomic E-state index is 5.35. The summed E-state index contributed by atoms with van der Waals surface area (Å²) in [6.45, 7) is 2.24. The number of benzene rings is 1. The van der Waals surface area contributed by atoms with Gasteiger partial charge in [-0.05, 0) is 49.2 Å². The number of nitrogens with zero attached hydrogens (tertiary/aromatic N) is 2. The summed E-state index contributed by atoms with van der Waals surface area (Å²) < 4.78 is 5.35. The zero-order valence-corrected chi connectivity index (χ0v) is 12.5. The molecule has 2 aromatic rings. The highest BCUT2D eigenvalue weighted by Crippen LogP contribution is 2.33. The molecule has 1 aromatic heterocycles. The van der Waals surface area contributed by atoms with E-state index in [0.29, 0.717) is 6.04 Å². The Bertz CT molecular complexity index is 570. The predicted octanol–water partition coefficient (Wildman–Crippen LogP) is 3.47. The minimum Gasteiger partial charge on any atom is -0.497 e. The quantitative estimate of drug-likeness (QED) is 0.839. The van der Waals surface area contributed by atoms with Gasteiger partial charge in [0.2, 0.25) is 0 Å². The molecule has 1 aromatic carbocycles. The van der Waals surface area contributed by atoms with Crippen molar-refractivity contribution in [3.8, 4) is 5.75 Å². The highest BCUT2D eigenvalue weighted by Gasteiger charge is 2.25. The first kappa shape index (κ1) is 14.1. The molecule has 0 radical (unpaired) electrons. The van der Waals surface area contributed by atoms with Crippen molar-refractivity contribution in [1.82, 2.24) is 9.88 Å². The van der Waals surface area contributed by atoms with Gasteiger partial charge in [0.1, 0.15) is 5.75 Å². The highest BCUT2D eigenvalue weighted by atomic mass is 16.5. The van der Waals surface area contributed by atoms with Crippen LogP contribution in [0.2, 0.25) is 0 Å². The summed E-state index contributed by atoms with van der Waals surface area (Å²) in [4.78, 5) is 6.99. The molecule has 2 heterocycles. The summed E-state index contributed by atoms with van der Waals surface area (Å²) in [6, 6.07) is 15.1. The standard InChI is InChI=1S/C18H22N2O/c1-21-17-8-4-6-15(14-17)18-9-5-12-20(18)13-10-16-7-2-3-11-19-16/h2-4,6-8,11,14,18H,5,9-10,12-13H2,1H3. The third kappa shape index (κ3) is 3.42. The Kier molecular flexibility index (Phi) is 4.51. The van der Waals surface area contributed by atoms with Crippen molar-refractivity contribution in [3.05, 3.63) is 59.9 Å². The lowest BCUT2D eigenvalue weighted by molar-refractivity contribution is 0.259. The number of ether oxygens (including phenoxy) is 1. The first-order valence-electron chi connectivity index (χ1n) is 7.65. The fraction of sp³-hybridized carbons (Fsp3) is 0.389. The summed E-state index contributed by atoms with van der Waals surface area (Å²) in [5.74, 6) is 0.948. The molecule has 3 nitrogen and oxygen atoms in total. The summed E-state index contributed by atoms with van der Waals surface area (Å²) in [5.41, 5.74) is 2.54.